The average Bonchev–Trinajstić information content (AvgIpc) is 2.82. The van der Waals surface area contributed by atoms with E-state index in [1.807, 2.05) is 48.7 Å². The zero-order chi connectivity index (χ0) is 13.5. The molecule has 0 aliphatic rings. The Morgan fingerprint density at radius 1 is 0.850 bits per heavy atom. The number of hydrogen-bond acceptors (Lipinski definition) is 1. The second-order valence-electron chi connectivity index (χ2n) is 4.71. The highest BCUT2D eigenvalue weighted by Crippen LogP contribution is 2.32. The molecule has 4 rings (SSSR count). The quantitative estimate of drug-likeness (QED) is 0.487. The number of benzene rings is 2. The number of pyridine rings is 1. The van der Waals surface area contributed by atoms with Crippen molar-refractivity contribution in [3.63, 3.8) is 0 Å². The second-order valence-corrected chi connectivity index (χ2v) is 5.14. The smallest absolute Gasteiger partial charge is 0.145 e. The van der Waals surface area contributed by atoms with Gasteiger partial charge in [0.15, 0.2) is 0 Å². The lowest BCUT2D eigenvalue weighted by Gasteiger charge is -2.06. The van der Waals surface area contributed by atoms with Crippen molar-refractivity contribution >= 4 is 33.5 Å². The highest BCUT2D eigenvalue weighted by atomic mass is 35.5. The third-order valence-electron chi connectivity index (χ3n) is 3.50. The number of hydrogen-bond donors (Lipinski definition) is 0. The molecule has 3 heteroatoms. The Morgan fingerprint density at radius 3 is 2.55 bits per heavy atom. The van der Waals surface area contributed by atoms with Crippen molar-refractivity contribution in [2.24, 2.45) is 0 Å². The van der Waals surface area contributed by atoms with E-state index < -0.39 is 0 Å². The molecule has 96 valence electrons. The van der Waals surface area contributed by atoms with E-state index in [2.05, 4.69) is 27.8 Å². The largest absolute Gasteiger partial charge is 0.294 e. The molecule has 0 fully saturated rings. The van der Waals surface area contributed by atoms with E-state index in [4.69, 9.17) is 11.6 Å². The van der Waals surface area contributed by atoms with Gasteiger partial charge in [0.1, 0.15) is 5.65 Å². The van der Waals surface area contributed by atoms with Crippen LogP contribution in [-0.4, -0.2) is 9.55 Å². The number of rotatable bonds is 1. The molecule has 0 unspecified atom stereocenters. The second kappa shape index (κ2) is 4.36. The molecule has 2 heterocycles. The zero-order valence-electron chi connectivity index (χ0n) is 10.6. The van der Waals surface area contributed by atoms with Crippen molar-refractivity contribution in [2.45, 2.75) is 0 Å². The van der Waals surface area contributed by atoms with Crippen LogP contribution in [0.5, 0.6) is 0 Å². The van der Waals surface area contributed by atoms with Crippen LogP contribution in [-0.2, 0) is 0 Å². The summed E-state index contributed by atoms with van der Waals surface area (Å²) in [5.74, 6) is 0. The normalized spacial score (nSPS) is 11.2. The van der Waals surface area contributed by atoms with E-state index in [9.17, 15) is 0 Å². The van der Waals surface area contributed by atoms with Gasteiger partial charge in [-0.15, -0.1) is 0 Å². The van der Waals surface area contributed by atoms with Gasteiger partial charge in [-0.05, 0) is 42.5 Å². The van der Waals surface area contributed by atoms with E-state index >= 15 is 0 Å². The van der Waals surface area contributed by atoms with Gasteiger partial charge < -0.3 is 0 Å². The third kappa shape index (κ3) is 1.62. The summed E-state index contributed by atoms with van der Waals surface area (Å²) < 4.78 is 2.17. The molecule has 0 spiro atoms. The predicted octanol–water partition coefficient (Wildman–Crippen LogP) is 4.83. The summed E-state index contributed by atoms with van der Waals surface area (Å²) in [6.07, 6.45) is 1.82. The molecular formula is C17H11ClN2. The minimum atomic E-state index is 0.744. The lowest BCUT2D eigenvalue weighted by atomic mass is 10.2. The standard InChI is InChI=1S/C17H11ClN2/c18-12-8-9-16-15(11-12)14-7-4-10-19-17(14)20(16)13-5-2-1-3-6-13/h1-11H. The van der Waals surface area contributed by atoms with Crippen LogP contribution in [0.25, 0.3) is 27.6 Å². The number of para-hydroxylation sites is 1. The zero-order valence-corrected chi connectivity index (χ0v) is 11.4. The van der Waals surface area contributed by atoms with Crippen LogP contribution in [0.15, 0.2) is 66.9 Å². The Balaban J connectivity index is 2.22. The topological polar surface area (TPSA) is 17.8 Å². The van der Waals surface area contributed by atoms with E-state index in [0.29, 0.717) is 0 Å². The maximum absolute atomic E-state index is 6.14. The van der Waals surface area contributed by atoms with E-state index in [-0.39, 0.29) is 0 Å². The van der Waals surface area contributed by atoms with Gasteiger partial charge in [0.25, 0.3) is 0 Å². The van der Waals surface area contributed by atoms with Gasteiger partial charge in [-0.3, -0.25) is 4.57 Å². The molecule has 0 N–H and O–H groups in total. The van der Waals surface area contributed by atoms with Crippen LogP contribution in [0.3, 0.4) is 0 Å². The molecule has 2 aromatic carbocycles. The molecular weight excluding hydrogens is 268 g/mol. The minimum absolute atomic E-state index is 0.744. The Labute approximate surface area is 121 Å². The molecule has 0 radical (unpaired) electrons. The fourth-order valence-corrected chi connectivity index (χ4v) is 2.83. The van der Waals surface area contributed by atoms with Crippen LogP contribution >= 0.6 is 11.6 Å². The summed E-state index contributed by atoms with van der Waals surface area (Å²) in [6, 6.07) is 20.3. The summed E-state index contributed by atoms with van der Waals surface area (Å²) in [5, 5.41) is 2.99. The van der Waals surface area contributed by atoms with Crippen LogP contribution in [0.2, 0.25) is 5.02 Å². The molecule has 2 nitrogen and oxygen atoms in total. The summed E-state index contributed by atoms with van der Waals surface area (Å²) in [7, 11) is 0. The summed E-state index contributed by atoms with van der Waals surface area (Å²) >= 11 is 6.14. The number of fused-ring (bicyclic) bond motifs is 3. The molecule has 20 heavy (non-hydrogen) atoms. The molecule has 0 atom stereocenters. The summed E-state index contributed by atoms with van der Waals surface area (Å²) in [4.78, 5) is 4.54. The first-order valence-corrected chi connectivity index (χ1v) is 6.82. The molecule has 2 aromatic heterocycles. The van der Waals surface area contributed by atoms with E-state index in [1.165, 1.54) is 0 Å². The van der Waals surface area contributed by atoms with Crippen LogP contribution in [0, 0.1) is 0 Å². The number of halogens is 1. The monoisotopic (exact) mass is 278 g/mol. The first kappa shape index (κ1) is 11.5. The van der Waals surface area contributed by atoms with Crippen molar-refractivity contribution in [1.29, 1.82) is 0 Å². The van der Waals surface area contributed by atoms with Gasteiger partial charge >= 0.3 is 0 Å². The summed E-state index contributed by atoms with van der Waals surface area (Å²) in [6.45, 7) is 0. The number of nitrogens with zero attached hydrogens (tertiary/aromatic N) is 2. The van der Waals surface area contributed by atoms with Crippen molar-refractivity contribution in [1.82, 2.24) is 9.55 Å². The molecule has 0 saturated carbocycles. The van der Waals surface area contributed by atoms with Gasteiger partial charge in [0.05, 0.1) is 5.52 Å². The maximum atomic E-state index is 6.14. The van der Waals surface area contributed by atoms with Crippen molar-refractivity contribution in [2.75, 3.05) is 0 Å². The molecule has 0 aliphatic heterocycles. The van der Waals surface area contributed by atoms with Gasteiger partial charge in [0, 0.05) is 27.7 Å². The van der Waals surface area contributed by atoms with Gasteiger partial charge in [-0.2, -0.15) is 0 Å². The lowest BCUT2D eigenvalue weighted by molar-refractivity contribution is 1.14. The third-order valence-corrected chi connectivity index (χ3v) is 3.74. The Hall–Kier alpha value is -2.32. The SMILES string of the molecule is Clc1ccc2c(c1)c1cccnc1n2-c1ccccc1. The maximum Gasteiger partial charge on any atom is 0.145 e. The first-order valence-electron chi connectivity index (χ1n) is 6.45. The molecule has 0 aliphatic carbocycles. The van der Waals surface area contributed by atoms with Crippen LogP contribution in [0.4, 0.5) is 0 Å². The van der Waals surface area contributed by atoms with E-state index in [0.717, 1.165) is 32.6 Å². The fraction of sp³-hybridized carbons (Fsp3) is 0. The molecule has 0 amide bonds. The van der Waals surface area contributed by atoms with Gasteiger partial charge in [0.2, 0.25) is 0 Å². The van der Waals surface area contributed by atoms with Crippen LogP contribution < -0.4 is 0 Å². The Bertz CT molecular complexity index is 910. The Kier molecular flexibility index (Phi) is 2.51. The van der Waals surface area contributed by atoms with E-state index in [1.54, 1.807) is 0 Å². The average molecular weight is 279 g/mol. The van der Waals surface area contributed by atoms with Crippen LogP contribution in [0.1, 0.15) is 0 Å². The molecule has 0 saturated heterocycles. The lowest BCUT2D eigenvalue weighted by Crippen LogP contribution is -1.94. The van der Waals surface area contributed by atoms with Crippen molar-refractivity contribution in [3.05, 3.63) is 71.9 Å². The minimum Gasteiger partial charge on any atom is -0.294 e. The molecule has 0 bridgehead atoms. The van der Waals surface area contributed by atoms with Crippen molar-refractivity contribution in [3.8, 4) is 5.69 Å². The number of aromatic nitrogens is 2. The first-order chi connectivity index (χ1) is 9.84. The highest BCUT2D eigenvalue weighted by Gasteiger charge is 2.12. The fourth-order valence-electron chi connectivity index (χ4n) is 2.66. The van der Waals surface area contributed by atoms with Gasteiger partial charge in [-0.1, -0.05) is 29.8 Å². The molecule has 4 aromatic rings. The summed E-state index contributed by atoms with van der Waals surface area (Å²) in [5.41, 5.74) is 3.18. The Morgan fingerprint density at radius 2 is 1.70 bits per heavy atom. The highest BCUT2D eigenvalue weighted by molar-refractivity contribution is 6.31. The van der Waals surface area contributed by atoms with Gasteiger partial charge in [-0.25, -0.2) is 4.98 Å². The van der Waals surface area contributed by atoms with Crippen molar-refractivity contribution < 1.29 is 0 Å². The predicted molar refractivity (Wildman–Crippen MR) is 83.6 cm³/mol.